The molecule has 0 radical (unpaired) electrons. The Bertz CT molecular complexity index is 70.1. The predicted molar refractivity (Wildman–Crippen MR) is 32.5 cm³/mol. The molecule has 0 saturated carbocycles. The molecule has 0 atom stereocenters. The van der Waals surface area contributed by atoms with Crippen LogP contribution in [0.5, 0.6) is 0 Å². The molecule has 0 aromatic carbocycles. The van der Waals surface area contributed by atoms with Crippen LogP contribution in [0, 0.1) is 0 Å². The number of ether oxygens (including phenoxy) is 1. The molecular formula is C4H7BrO2. The van der Waals surface area contributed by atoms with E-state index in [0.717, 1.165) is 6.08 Å². The minimum atomic E-state index is -0.394. The average molecular weight is 167 g/mol. The zero-order valence-electron chi connectivity index (χ0n) is 4.01. The van der Waals surface area contributed by atoms with Gasteiger partial charge in [-0.2, -0.15) is 0 Å². The lowest BCUT2D eigenvalue weighted by molar-refractivity contribution is -0.134. The number of rotatable bonds is 1. The zero-order valence-corrected chi connectivity index (χ0v) is 5.72. The van der Waals surface area contributed by atoms with Crippen molar-refractivity contribution in [1.82, 2.24) is 0 Å². The largest absolute Gasteiger partial charge is 0.466 e. The second-order valence-electron chi connectivity index (χ2n) is 0.727. The second-order valence-corrected chi connectivity index (χ2v) is 0.727. The molecule has 42 valence electrons. The van der Waals surface area contributed by atoms with E-state index in [1.807, 2.05) is 0 Å². The minimum absolute atomic E-state index is 0. The van der Waals surface area contributed by atoms with Gasteiger partial charge in [0.15, 0.2) is 0 Å². The Labute approximate surface area is 52.9 Å². The van der Waals surface area contributed by atoms with Crippen LogP contribution in [0.2, 0.25) is 0 Å². The number of hydrogen-bond donors (Lipinski definition) is 0. The highest BCUT2D eigenvalue weighted by Crippen LogP contribution is 1.67. The van der Waals surface area contributed by atoms with Crippen LogP contribution in [0.3, 0.4) is 0 Å². The Kier molecular flexibility index (Phi) is 8.00. The van der Waals surface area contributed by atoms with Crippen LogP contribution in [-0.4, -0.2) is 13.1 Å². The molecule has 0 bridgehead atoms. The van der Waals surface area contributed by atoms with E-state index < -0.39 is 5.97 Å². The molecule has 0 spiro atoms. The molecule has 0 aliphatic carbocycles. The molecule has 0 aromatic rings. The van der Waals surface area contributed by atoms with Crippen molar-refractivity contribution in [3.05, 3.63) is 12.7 Å². The van der Waals surface area contributed by atoms with Crippen molar-refractivity contribution in [1.29, 1.82) is 0 Å². The van der Waals surface area contributed by atoms with Crippen molar-refractivity contribution in [2.45, 2.75) is 0 Å². The average Bonchev–Trinajstić information content (AvgIpc) is 1.65. The highest BCUT2D eigenvalue weighted by Gasteiger charge is 1.81. The molecule has 0 aliphatic heterocycles. The van der Waals surface area contributed by atoms with E-state index >= 15 is 0 Å². The van der Waals surface area contributed by atoms with Gasteiger partial charge in [-0.3, -0.25) is 0 Å². The van der Waals surface area contributed by atoms with Crippen molar-refractivity contribution in [3.63, 3.8) is 0 Å². The molecule has 0 fully saturated rings. The molecule has 0 aromatic heterocycles. The number of carbonyl (C=O) groups is 1. The van der Waals surface area contributed by atoms with Gasteiger partial charge >= 0.3 is 5.97 Å². The Morgan fingerprint density at radius 2 is 2.29 bits per heavy atom. The molecule has 0 rings (SSSR count). The van der Waals surface area contributed by atoms with Gasteiger partial charge in [-0.25, -0.2) is 4.79 Å². The monoisotopic (exact) mass is 166 g/mol. The van der Waals surface area contributed by atoms with Crippen LogP contribution < -0.4 is 0 Å². The van der Waals surface area contributed by atoms with E-state index in [9.17, 15) is 4.79 Å². The molecule has 0 heterocycles. The first-order valence-electron chi connectivity index (χ1n) is 1.51. The quantitative estimate of drug-likeness (QED) is 0.428. The first-order valence-corrected chi connectivity index (χ1v) is 1.51. The van der Waals surface area contributed by atoms with Crippen LogP contribution in [0.4, 0.5) is 0 Å². The summed E-state index contributed by atoms with van der Waals surface area (Å²) in [6.07, 6.45) is 1.11. The molecule has 0 N–H and O–H groups in total. The van der Waals surface area contributed by atoms with E-state index in [2.05, 4.69) is 11.3 Å². The second kappa shape index (κ2) is 5.69. The summed E-state index contributed by atoms with van der Waals surface area (Å²) in [6.45, 7) is 3.16. The van der Waals surface area contributed by atoms with Gasteiger partial charge < -0.3 is 4.74 Å². The Balaban J connectivity index is 0. The first-order chi connectivity index (χ1) is 2.81. The lowest BCUT2D eigenvalue weighted by Crippen LogP contribution is -1.91. The summed E-state index contributed by atoms with van der Waals surface area (Å²) < 4.78 is 4.14. The smallest absolute Gasteiger partial charge is 0.329 e. The number of hydrogen-bond acceptors (Lipinski definition) is 2. The molecule has 3 heteroatoms. The van der Waals surface area contributed by atoms with Crippen LogP contribution in [0.15, 0.2) is 12.7 Å². The van der Waals surface area contributed by atoms with Gasteiger partial charge in [-0.15, -0.1) is 17.0 Å². The highest BCUT2D eigenvalue weighted by molar-refractivity contribution is 8.93. The SMILES string of the molecule is Br.C=CC(=O)OC. The molecule has 0 amide bonds. The van der Waals surface area contributed by atoms with Crippen molar-refractivity contribution in [2.24, 2.45) is 0 Å². The lowest BCUT2D eigenvalue weighted by Gasteiger charge is -1.83. The van der Waals surface area contributed by atoms with Gasteiger partial charge in [0.05, 0.1) is 7.11 Å². The van der Waals surface area contributed by atoms with Gasteiger partial charge in [0.2, 0.25) is 0 Å². The van der Waals surface area contributed by atoms with Crippen molar-refractivity contribution in [2.75, 3.05) is 7.11 Å². The number of halogens is 1. The summed E-state index contributed by atoms with van der Waals surface area (Å²) in [5, 5.41) is 0. The summed E-state index contributed by atoms with van der Waals surface area (Å²) in [5.41, 5.74) is 0. The summed E-state index contributed by atoms with van der Waals surface area (Å²) >= 11 is 0. The van der Waals surface area contributed by atoms with Crippen LogP contribution in [-0.2, 0) is 9.53 Å². The highest BCUT2D eigenvalue weighted by atomic mass is 79.9. The van der Waals surface area contributed by atoms with Gasteiger partial charge in [0.25, 0.3) is 0 Å². The van der Waals surface area contributed by atoms with E-state index in [0.29, 0.717) is 0 Å². The molecule has 0 aliphatic rings. The standard InChI is InChI=1S/C4H6O2.BrH/c1-3-4(5)6-2;/h3H,1H2,2H3;1H. The summed E-state index contributed by atoms with van der Waals surface area (Å²) in [4.78, 5) is 9.84. The fourth-order valence-corrected chi connectivity index (χ4v) is 0.0833. The molecule has 0 saturated heterocycles. The van der Waals surface area contributed by atoms with Crippen LogP contribution in [0.25, 0.3) is 0 Å². The minimum Gasteiger partial charge on any atom is -0.466 e. The lowest BCUT2D eigenvalue weighted by atomic mass is 10.7. The van der Waals surface area contributed by atoms with E-state index in [1.165, 1.54) is 7.11 Å². The summed E-state index contributed by atoms with van der Waals surface area (Å²) in [5.74, 6) is -0.394. The maximum Gasteiger partial charge on any atom is 0.329 e. The van der Waals surface area contributed by atoms with Gasteiger partial charge in [0, 0.05) is 6.08 Å². The molecule has 0 unspecified atom stereocenters. The van der Waals surface area contributed by atoms with Crippen LogP contribution >= 0.6 is 17.0 Å². The third-order valence-electron chi connectivity index (χ3n) is 0.368. The fourth-order valence-electron chi connectivity index (χ4n) is 0.0833. The number of esters is 1. The first kappa shape index (κ1) is 9.85. The fraction of sp³-hybridized carbons (Fsp3) is 0.250. The van der Waals surface area contributed by atoms with E-state index in [1.54, 1.807) is 0 Å². The predicted octanol–water partition coefficient (Wildman–Crippen LogP) is 0.923. The molecule has 7 heavy (non-hydrogen) atoms. The third kappa shape index (κ3) is 5.69. The van der Waals surface area contributed by atoms with Gasteiger partial charge in [-0.05, 0) is 0 Å². The Morgan fingerprint density at radius 1 is 1.86 bits per heavy atom. The third-order valence-corrected chi connectivity index (χ3v) is 0.368. The number of methoxy groups -OCH3 is 1. The van der Waals surface area contributed by atoms with Gasteiger partial charge in [0.1, 0.15) is 0 Å². The topological polar surface area (TPSA) is 26.3 Å². The molecule has 2 nitrogen and oxygen atoms in total. The van der Waals surface area contributed by atoms with E-state index in [4.69, 9.17) is 0 Å². The van der Waals surface area contributed by atoms with Crippen molar-refractivity contribution in [3.8, 4) is 0 Å². The number of carbonyl (C=O) groups excluding carboxylic acids is 1. The van der Waals surface area contributed by atoms with Crippen molar-refractivity contribution >= 4 is 23.0 Å². The van der Waals surface area contributed by atoms with Gasteiger partial charge in [-0.1, -0.05) is 6.58 Å². The maximum absolute atomic E-state index is 9.84. The van der Waals surface area contributed by atoms with E-state index in [-0.39, 0.29) is 17.0 Å². The normalized spacial score (nSPS) is 5.86. The Morgan fingerprint density at radius 3 is 2.29 bits per heavy atom. The summed E-state index contributed by atoms with van der Waals surface area (Å²) in [6, 6.07) is 0. The Hall–Kier alpha value is -0.310. The molecular weight excluding hydrogens is 160 g/mol. The van der Waals surface area contributed by atoms with Crippen LogP contribution in [0.1, 0.15) is 0 Å². The zero-order chi connectivity index (χ0) is 4.99. The van der Waals surface area contributed by atoms with Crippen molar-refractivity contribution < 1.29 is 9.53 Å². The maximum atomic E-state index is 9.84. The summed E-state index contributed by atoms with van der Waals surface area (Å²) in [7, 11) is 1.31.